The van der Waals surface area contributed by atoms with Gasteiger partial charge in [-0.05, 0) is 42.3 Å². The van der Waals surface area contributed by atoms with E-state index in [0.29, 0.717) is 6.54 Å². The number of methoxy groups -OCH3 is 1. The van der Waals surface area contributed by atoms with E-state index in [1.807, 2.05) is 31.2 Å². The van der Waals surface area contributed by atoms with Gasteiger partial charge in [0.1, 0.15) is 0 Å². The Morgan fingerprint density at radius 2 is 1.90 bits per heavy atom. The van der Waals surface area contributed by atoms with Crippen LogP contribution in [0.3, 0.4) is 0 Å². The minimum Gasteiger partial charge on any atom is -0.493 e. The summed E-state index contributed by atoms with van der Waals surface area (Å²) in [6.45, 7) is -0.362. The lowest BCUT2D eigenvalue weighted by Crippen LogP contribution is -2.05. The minimum atomic E-state index is -2.88. The van der Waals surface area contributed by atoms with Crippen LogP contribution in [0.2, 0.25) is 0 Å². The van der Waals surface area contributed by atoms with Crippen molar-refractivity contribution in [1.82, 2.24) is 0 Å². The molecular formula is C16H17F2NO2. The molecule has 5 heteroatoms. The highest BCUT2D eigenvalue weighted by atomic mass is 19.3. The summed E-state index contributed by atoms with van der Waals surface area (Å²) >= 11 is 0. The lowest BCUT2D eigenvalue weighted by atomic mass is 10.2. The Bertz CT molecular complexity index is 603. The number of rotatable bonds is 6. The fourth-order valence-corrected chi connectivity index (χ4v) is 1.98. The molecule has 21 heavy (non-hydrogen) atoms. The monoisotopic (exact) mass is 293 g/mol. The summed E-state index contributed by atoms with van der Waals surface area (Å²) in [6, 6.07) is 12.9. The van der Waals surface area contributed by atoms with Gasteiger partial charge in [-0.25, -0.2) is 0 Å². The Morgan fingerprint density at radius 1 is 1.10 bits per heavy atom. The van der Waals surface area contributed by atoms with Gasteiger partial charge in [0.2, 0.25) is 0 Å². The standard InChI is InChI=1S/C16H17F2NO2/c1-11-4-3-5-13(8-11)19-10-12-6-7-14(20-2)15(9-12)21-16(17)18/h3-9,16,19H,10H2,1-2H3. The van der Waals surface area contributed by atoms with Gasteiger partial charge in [0.05, 0.1) is 7.11 Å². The predicted octanol–water partition coefficient (Wildman–Crippen LogP) is 4.22. The highest BCUT2D eigenvalue weighted by Gasteiger charge is 2.11. The molecule has 0 atom stereocenters. The molecule has 0 fully saturated rings. The first kappa shape index (κ1) is 15.1. The quantitative estimate of drug-likeness (QED) is 0.865. The molecule has 0 heterocycles. The van der Waals surface area contributed by atoms with Gasteiger partial charge in [-0.3, -0.25) is 0 Å². The number of anilines is 1. The number of hydrogen-bond donors (Lipinski definition) is 1. The van der Waals surface area contributed by atoms with E-state index in [1.54, 1.807) is 18.2 Å². The van der Waals surface area contributed by atoms with Crippen molar-refractivity contribution in [1.29, 1.82) is 0 Å². The van der Waals surface area contributed by atoms with Crippen LogP contribution < -0.4 is 14.8 Å². The maximum atomic E-state index is 12.4. The van der Waals surface area contributed by atoms with Gasteiger partial charge in [0, 0.05) is 12.2 Å². The average Bonchev–Trinajstić information content (AvgIpc) is 2.45. The summed E-state index contributed by atoms with van der Waals surface area (Å²) in [4.78, 5) is 0. The van der Waals surface area contributed by atoms with Crippen LogP contribution in [-0.4, -0.2) is 13.7 Å². The number of alkyl halides is 2. The van der Waals surface area contributed by atoms with E-state index >= 15 is 0 Å². The molecule has 112 valence electrons. The number of nitrogens with one attached hydrogen (secondary N) is 1. The largest absolute Gasteiger partial charge is 0.493 e. The van der Waals surface area contributed by atoms with Gasteiger partial charge in [-0.2, -0.15) is 8.78 Å². The molecule has 0 aromatic heterocycles. The predicted molar refractivity (Wildman–Crippen MR) is 78.1 cm³/mol. The molecule has 2 rings (SSSR count). The van der Waals surface area contributed by atoms with Crippen LogP contribution in [0.4, 0.5) is 14.5 Å². The summed E-state index contributed by atoms with van der Waals surface area (Å²) in [7, 11) is 1.42. The van der Waals surface area contributed by atoms with Crippen LogP contribution in [0.25, 0.3) is 0 Å². The van der Waals surface area contributed by atoms with Crippen molar-refractivity contribution in [3.05, 3.63) is 53.6 Å². The Morgan fingerprint density at radius 3 is 2.57 bits per heavy atom. The Kier molecular flexibility index (Phi) is 4.98. The SMILES string of the molecule is COc1ccc(CNc2cccc(C)c2)cc1OC(F)F. The van der Waals surface area contributed by atoms with Gasteiger partial charge in [0.15, 0.2) is 11.5 Å². The third-order valence-electron chi connectivity index (χ3n) is 2.96. The third kappa shape index (κ3) is 4.34. The summed E-state index contributed by atoms with van der Waals surface area (Å²) in [5.74, 6) is 0.325. The van der Waals surface area contributed by atoms with E-state index in [2.05, 4.69) is 10.1 Å². The first-order valence-electron chi connectivity index (χ1n) is 6.51. The minimum absolute atomic E-state index is 0.0380. The average molecular weight is 293 g/mol. The molecule has 0 saturated carbocycles. The van der Waals surface area contributed by atoms with Crippen molar-refractivity contribution in [3.63, 3.8) is 0 Å². The van der Waals surface area contributed by atoms with Crippen LogP contribution >= 0.6 is 0 Å². The molecule has 0 unspecified atom stereocenters. The highest BCUT2D eigenvalue weighted by Crippen LogP contribution is 2.29. The number of ether oxygens (including phenoxy) is 2. The van der Waals surface area contributed by atoms with E-state index in [1.165, 1.54) is 7.11 Å². The Balaban J connectivity index is 2.09. The first-order valence-corrected chi connectivity index (χ1v) is 6.51. The van der Waals surface area contributed by atoms with Crippen LogP contribution in [-0.2, 0) is 6.54 Å². The summed E-state index contributed by atoms with van der Waals surface area (Å²) in [5.41, 5.74) is 2.95. The molecule has 0 amide bonds. The van der Waals surface area contributed by atoms with Crippen molar-refractivity contribution in [2.24, 2.45) is 0 Å². The maximum Gasteiger partial charge on any atom is 0.387 e. The van der Waals surface area contributed by atoms with Crippen molar-refractivity contribution < 1.29 is 18.3 Å². The molecule has 0 aliphatic rings. The fraction of sp³-hybridized carbons (Fsp3) is 0.250. The smallest absolute Gasteiger partial charge is 0.387 e. The molecule has 2 aromatic rings. The van der Waals surface area contributed by atoms with E-state index in [4.69, 9.17) is 4.74 Å². The molecular weight excluding hydrogens is 276 g/mol. The number of benzene rings is 2. The number of hydrogen-bond acceptors (Lipinski definition) is 3. The highest BCUT2D eigenvalue weighted by molar-refractivity contribution is 5.48. The van der Waals surface area contributed by atoms with Gasteiger partial charge in [-0.1, -0.05) is 18.2 Å². The molecule has 0 radical (unpaired) electrons. The van der Waals surface area contributed by atoms with Gasteiger partial charge in [-0.15, -0.1) is 0 Å². The van der Waals surface area contributed by atoms with E-state index in [9.17, 15) is 8.78 Å². The van der Waals surface area contributed by atoms with Crippen LogP contribution in [0, 0.1) is 6.92 Å². The maximum absolute atomic E-state index is 12.4. The van der Waals surface area contributed by atoms with Crippen molar-refractivity contribution in [2.75, 3.05) is 12.4 Å². The molecule has 0 aliphatic carbocycles. The number of aryl methyl sites for hydroxylation is 1. The summed E-state index contributed by atoms with van der Waals surface area (Å²) in [6.07, 6.45) is 0. The first-order chi connectivity index (χ1) is 10.1. The van der Waals surface area contributed by atoms with Crippen molar-refractivity contribution in [3.8, 4) is 11.5 Å². The molecule has 3 nitrogen and oxygen atoms in total. The van der Waals surface area contributed by atoms with Gasteiger partial charge in [0.25, 0.3) is 0 Å². The molecule has 2 aromatic carbocycles. The fourth-order valence-electron chi connectivity index (χ4n) is 1.98. The lowest BCUT2D eigenvalue weighted by Gasteiger charge is -2.12. The van der Waals surface area contributed by atoms with Gasteiger partial charge >= 0.3 is 6.61 Å². The van der Waals surface area contributed by atoms with Gasteiger partial charge < -0.3 is 14.8 Å². The summed E-state index contributed by atoms with van der Waals surface area (Å²) in [5, 5.41) is 3.24. The second-order valence-corrected chi connectivity index (χ2v) is 4.59. The van der Waals surface area contributed by atoms with E-state index in [-0.39, 0.29) is 11.5 Å². The molecule has 1 N–H and O–H groups in total. The van der Waals surface area contributed by atoms with E-state index < -0.39 is 6.61 Å². The molecule has 0 bridgehead atoms. The third-order valence-corrected chi connectivity index (χ3v) is 2.96. The lowest BCUT2D eigenvalue weighted by molar-refractivity contribution is -0.0512. The second kappa shape index (κ2) is 6.92. The molecule has 0 spiro atoms. The normalized spacial score (nSPS) is 10.5. The van der Waals surface area contributed by atoms with E-state index in [0.717, 1.165) is 16.8 Å². The molecule has 0 aliphatic heterocycles. The Labute approximate surface area is 122 Å². The topological polar surface area (TPSA) is 30.5 Å². The molecule has 0 saturated heterocycles. The van der Waals surface area contributed by atoms with Crippen molar-refractivity contribution in [2.45, 2.75) is 20.1 Å². The van der Waals surface area contributed by atoms with Crippen LogP contribution in [0.1, 0.15) is 11.1 Å². The van der Waals surface area contributed by atoms with Crippen LogP contribution in [0.15, 0.2) is 42.5 Å². The van der Waals surface area contributed by atoms with Crippen LogP contribution in [0.5, 0.6) is 11.5 Å². The summed E-state index contributed by atoms with van der Waals surface area (Å²) < 4.78 is 34.2. The second-order valence-electron chi connectivity index (χ2n) is 4.59. The zero-order chi connectivity index (χ0) is 15.2. The Hall–Kier alpha value is -2.30. The van der Waals surface area contributed by atoms with Crippen molar-refractivity contribution >= 4 is 5.69 Å². The zero-order valence-electron chi connectivity index (χ0n) is 11.9. The number of halogens is 2. The zero-order valence-corrected chi connectivity index (χ0v) is 11.9.